The van der Waals surface area contributed by atoms with Crippen LogP contribution in [-0.4, -0.2) is 37.8 Å². The van der Waals surface area contributed by atoms with Gasteiger partial charge in [-0.25, -0.2) is 9.97 Å². The maximum Gasteiger partial charge on any atom is 0.435 e. The van der Waals surface area contributed by atoms with E-state index in [0.717, 1.165) is 48.1 Å². The Labute approximate surface area is 166 Å². The Hall–Kier alpha value is -2.97. The average molecular weight is 402 g/mol. The minimum Gasteiger partial charge on any atom is -0.354 e. The Balaban J connectivity index is 1.63. The Morgan fingerprint density at radius 3 is 2.66 bits per heavy atom. The monoisotopic (exact) mass is 402 g/mol. The molecular weight excluding hydrogens is 381 g/mol. The predicted molar refractivity (Wildman–Crippen MR) is 102 cm³/mol. The number of halogens is 3. The number of aryl methyl sites for hydroxylation is 1. The van der Waals surface area contributed by atoms with Gasteiger partial charge in [0.2, 0.25) is 0 Å². The van der Waals surface area contributed by atoms with E-state index in [-0.39, 0.29) is 6.04 Å². The quantitative estimate of drug-likeness (QED) is 0.657. The summed E-state index contributed by atoms with van der Waals surface area (Å²) in [5.74, 6) is 1.40. The number of aromatic nitrogens is 5. The lowest BCUT2D eigenvalue weighted by atomic mass is 10.0. The Bertz CT molecular complexity index is 999. The van der Waals surface area contributed by atoms with Crippen molar-refractivity contribution in [3.05, 3.63) is 53.7 Å². The highest BCUT2D eigenvalue weighted by Crippen LogP contribution is 2.32. The third-order valence-electron chi connectivity index (χ3n) is 5.25. The second-order valence-electron chi connectivity index (χ2n) is 7.24. The molecule has 6 nitrogen and oxygen atoms in total. The third-order valence-corrected chi connectivity index (χ3v) is 5.25. The van der Waals surface area contributed by atoms with Crippen LogP contribution in [0.4, 0.5) is 19.0 Å². The van der Waals surface area contributed by atoms with E-state index in [4.69, 9.17) is 4.98 Å². The van der Waals surface area contributed by atoms with Gasteiger partial charge < -0.3 is 4.90 Å². The molecule has 0 saturated carbocycles. The molecule has 3 aromatic heterocycles. The number of anilines is 1. The lowest BCUT2D eigenvalue weighted by Crippen LogP contribution is -2.38. The lowest BCUT2D eigenvalue weighted by Gasteiger charge is -2.34. The van der Waals surface area contributed by atoms with E-state index >= 15 is 0 Å². The first-order valence-electron chi connectivity index (χ1n) is 9.46. The highest BCUT2D eigenvalue weighted by molar-refractivity contribution is 5.59. The van der Waals surface area contributed by atoms with Gasteiger partial charge in [-0.15, -0.1) is 0 Å². The molecule has 0 aromatic carbocycles. The van der Waals surface area contributed by atoms with Gasteiger partial charge in [-0.2, -0.15) is 18.3 Å². The fourth-order valence-electron chi connectivity index (χ4n) is 3.60. The summed E-state index contributed by atoms with van der Waals surface area (Å²) < 4.78 is 40.1. The Morgan fingerprint density at radius 2 is 1.97 bits per heavy atom. The van der Waals surface area contributed by atoms with E-state index in [1.807, 2.05) is 26.0 Å². The molecule has 0 aliphatic carbocycles. The highest BCUT2D eigenvalue weighted by Gasteiger charge is 2.34. The topological polar surface area (TPSA) is 59.7 Å². The summed E-state index contributed by atoms with van der Waals surface area (Å²) >= 11 is 0. The molecule has 152 valence electrons. The molecule has 3 aromatic rings. The van der Waals surface area contributed by atoms with Crippen LogP contribution in [0, 0.1) is 13.8 Å². The van der Waals surface area contributed by atoms with Crippen molar-refractivity contribution in [3.63, 3.8) is 0 Å². The zero-order valence-corrected chi connectivity index (χ0v) is 16.2. The summed E-state index contributed by atoms with van der Waals surface area (Å²) in [6, 6.07) is 4.62. The van der Waals surface area contributed by atoms with Crippen molar-refractivity contribution < 1.29 is 13.2 Å². The van der Waals surface area contributed by atoms with Crippen molar-refractivity contribution in [1.82, 2.24) is 24.7 Å². The van der Waals surface area contributed by atoms with E-state index in [0.29, 0.717) is 12.4 Å². The molecule has 0 amide bonds. The standard InChI is InChI=1S/C20H21F3N6/c1-13-14(2)25-18(15-5-3-8-24-11-15)26-19(13)28-9-4-6-16(12-28)29-10-7-17(27-29)20(21,22)23/h3,5,7-8,10-11,16H,4,6,9,12H2,1-2H3. The molecule has 0 radical (unpaired) electrons. The van der Waals surface area contributed by atoms with Crippen molar-refractivity contribution in [2.75, 3.05) is 18.0 Å². The van der Waals surface area contributed by atoms with Crippen LogP contribution >= 0.6 is 0 Å². The van der Waals surface area contributed by atoms with Gasteiger partial charge in [0.1, 0.15) is 5.82 Å². The fraction of sp³-hybridized carbons (Fsp3) is 0.400. The predicted octanol–water partition coefficient (Wildman–Crippen LogP) is 4.21. The number of hydrogen-bond donors (Lipinski definition) is 0. The summed E-state index contributed by atoms with van der Waals surface area (Å²) in [4.78, 5) is 15.6. The molecule has 29 heavy (non-hydrogen) atoms. The number of hydrogen-bond acceptors (Lipinski definition) is 5. The van der Waals surface area contributed by atoms with Crippen LogP contribution in [0.3, 0.4) is 0 Å². The maximum atomic E-state index is 12.9. The summed E-state index contributed by atoms with van der Waals surface area (Å²) in [5.41, 5.74) is 1.80. The highest BCUT2D eigenvalue weighted by atomic mass is 19.4. The van der Waals surface area contributed by atoms with E-state index < -0.39 is 11.9 Å². The van der Waals surface area contributed by atoms with Gasteiger partial charge in [0.15, 0.2) is 11.5 Å². The zero-order chi connectivity index (χ0) is 20.6. The maximum absolute atomic E-state index is 12.9. The van der Waals surface area contributed by atoms with Gasteiger partial charge in [-0.05, 0) is 44.9 Å². The summed E-state index contributed by atoms with van der Waals surface area (Å²) in [6.45, 7) is 5.23. The van der Waals surface area contributed by atoms with Gasteiger partial charge in [-0.3, -0.25) is 9.67 Å². The van der Waals surface area contributed by atoms with E-state index in [1.54, 1.807) is 12.4 Å². The van der Waals surface area contributed by atoms with Crippen LogP contribution in [0.1, 0.15) is 35.8 Å². The second kappa shape index (κ2) is 7.46. The molecule has 9 heteroatoms. The molecule has 4 rings (SSSR count). The van der Waals surface area contributed by atoms with E-state index in [9.17, 15) is 13.2 Å². The number of pyridine rings is 1. The van der Waals surface area contributed by atoms with Gasteiger partial charge >= 0.3 is 6.18 Å². The summed E-state index contributed by atoms with van der Waals surface area (Å²) in [7, 11) is 0. The van der Waals surface area contributed by atoms with E-state index in [1.165, 1.54) is 10.9 Å². The van der Waals surface area contributed by atoms with Crippen molar-refractivity contribution in [1.29, 1.82) is 0 Å². The Morgan fingerprint density at radius 1 is 1.14 bits per heavy atom. The number of alkyl halides is 3. The van der Waals surface area contributed by atoms with Crippen molar-refractivity contribution in [2.24, 2.45) is 0 Å². The molecule has 1 aliphatic heterocycles. The van der Waals surface area contributed by atoms with Crippen LogP contribution < -0.4 is 4.90 Å². The van der Waals surface area contributed by atoms with Gasteiger partial charge in [0.25, 0.3) is 0 Å². The molecule has 4 heterocycles. The third kappa shape index (κ3) is 3.94. The van der Waals surface area contributed by atoms with Crippen LogP contribution in [-0.2, 0) is 6.18 Å². The lowest BCUT2D eigenvalue weighted by molar-refractivity contribution is -0.141. The van der Waals surface area contributed by atoms with Crippen molar-refractivity contribution in [2.45, 2.75) is 38.9 Å². The second-order valence-corrected chi connectivity index (χ2v) is 7.24. The first kappa shape index (κ1) is 19.4. The number of piperidine rings is 1. The molecule has 1 fully saturated rings. The number of rotatable bonds is 3. The molecular formula is C20H21F3N6. The first-order valence-corrected chi connectivity index (χ1v) is 9.46. The molecule has 1 unspecified atom stereocenters. The van der Waals surface area contributed by atoms with E-state index in [2.05, 4.69) is 20.0 Å². The number of nitrogens with zero attached hydrogens (tertiary/aromatic N) is 6. The van der Waals surface area contributed by atoms with Gasteiger partial charge in [0, 0.05) is 48.5 Å². The van der Waals surface area contributed by atoms with Crippen molar-refractivity contribution in [3.8, 4) is 11.4 Å². The van der Waals surface area contributed by atoms with Crippen LogP contribution in [0.5, 0.6) is 0 Å². The molecule has 1 aliphatic rings. The molecule has 0 bridgehead atoms. The minimum absolute atomic E-state index is 0.142. The minimum atomic E-state index is -4.43. The van der Waals surface area contributed by atoms with Crippen LogP contribution in [0.15, 0.2) is 36.8 Å². The van der Waals surface area contributed by atoms with Crippen LogP contribution in [0.25, 0.3) is 11.4 Å². The molecule has 0 spiro atoms. The average Bonchev–Trinajstić information content (AvgIpc) is 3.22. The zero-order valence-electron chi connectivity index (χ0n) is 16.2. The van der Waals surface area contributed by atoms with Gasteiger partial charge in [0.05, 0.1) is 6.04 Å². The molecule has 1 atom stereocenters. The summed E-state index contributed by atoms with van der Waals surface area (Å²) in [5, 5.41) is 3.76. The summed E-state index contributed by atoms with van der Waals surface area (Å²) in [6.07, 6.45) is 2.01. The first-order chi connectivity index (χ1) is 13.8. The normalized spacial score (nSPS) is 17.6. The molecule has 1 saturated heterocycles. The van der Waals surface area contributed by atoms with Crippen LogP contribution in [0.2, 0.25) is 0 Å². The SMILES string of the molecule is Cc1nc(-c2cccnc2)nc(N2CCCC(n3ccc(C(F)(F)F)n3)C2)c1C. The van der Waals surface area contributed by atoms with Gasteiger partial charge in [-0.1, -0.05) is 0 Å². The fourth-order valence-corrected chi connectivity index (χ4v) is 3.60. The largest absolute Gasteiger partial charge is 0.435 e. The van der Waals surface area contributed by atoms with Crippen molar-refractivity contribution >= 4 is 5.82 Å². The molecule has 0 N–H and O–H groups in total. The Kier molecular flexibility index (Phi) is 4.97. The smallest absolute Gasteiger partial charge is 0.354 e.